The van der Waals surface area contributed by atoms with Gasteiger partial charge in [0.2, 0.25) is 5.91 Å². The van der Waals surface area contributed by atoms with E-state index in [9.17, 15) is 14.7 Å². The predicted octanol–water partition coefficient (Wildman–Crippen LogP) is 3.78. The van der Waals surface area contributed by atoms with Gasteiger partial charge in [-0.15, -0.1) is 0 Å². The van der Waals surface area contributed by atoms with Crippen molar-refractivity contribution in [2.24, 2.45) is 0 Å². The van der Waals surface area contributed by atoms with Gasteiger partial charge in [0.15, 0.2) is 0 Å². The molecule has 0 fully saturated rings. The quantitative estimate of drug-likeness (QED) is 0.789. The van der Waals surface area contributed by atoms with Gasteiger partial charge >= 0.3 is 5.97 Å². The van der Waals surface area contributed by atoms with Crippen LogP contribution in [0, 0.1) is 0 Å². The van der Waals surface area contributed by atoms with Crippen LogP contribution < -0.4 is 5.32 Å². The lowest BCUT2D eigenvalue weighted by Gasteiger charge is -2.26. The lowest BCUT2D eigenvalue weighted by atomic mass is 9.84. The molecule has 0 unspecified atom stereocenters. The molecule has 4 nitrogen and oxygen atoms in total. The zero-order valence-corrected chi connectivity index (χ0v) is 15.3. The van der Waals surface area contributed by atoms with Crippen LogP contribution >= 0.6 is 15.9 Å². The molecule has 0 saturated carbocycles. The molecule has 0 bridgehead atoms. The minimum Gasteiger partial charge on any atom is -0.478 e. The largest absolute Gasteiger partial charge is 0.478 e. The summed E-state index contributed by atoms with van der Waals surface area (Å²) in [6.07, 6.45) is 0.0526. The van der Waals surface area contributed by atoms with Crippen molar-refractivity contribution in [3.05, 3.63) is 69.7 Å². The van der Waals surface area contributed by atoms with Crippen LogP contribution in [0.15, 0.2) is 53.0 Å². The van der Waals surface area contributed by atoms with Crippen molar-refractivity contribution in [1.29, 1.82) is 0 Å². The molecule has 0 atom stereocenters. The normalized spacial score (nSPS) is 11.1. The average molecular weight is 390 g/mol. The van der Waals surface area contributed by atoms with E-state index in [1.54, 1.807) is 18.2 Å². The third-order valence-corrected chi connectivity index (χ3v) is 4.43. The van der Waals surface area contributed by atoms with Crippen molar-refractivity contribution in [3.63, 3.8) is 0 Å². The summed E-state index contributed by atoms with van der Waals surface area (Å²) in [4.78, 5) is 23.4. The van der Waals surface area contributed by atoms with E-state index < -0.39 is 5.97 Å². The molecule has 126 valence electrons. The van der Waals surface area contributed by atoms with Crippen molar-refractivity contribution < 1.29 is 14.7 Å². The molecule has 0 aliphatic rings. The summed E-state index contributed by atoms with van der Waals surface area (Å²) in [5, 5.41) is 12.1. The van der Waals surface area contributed by atoms with Gasteiger partial charge in [0, 0.05) is 16.4 Å². The van der Waals surface area contributed by atoms with Gasteiger partial charge in [-0.2, -0.15) is 0 Å². The molecule has 2 rings (SSSR count). The lowest BCUT2D eigenvalue weighted by molar-refractivity contribution is -0.120. The maximum Gasteiger partial charge on any atom is 0.335 e. The minimum atomic E-state index is -1.02. The molecule has 2 aromatic carbocycles. The molecule has 0 aromatic heterocycles. The molecular weight excluding hydrogens is 370 g/mol. The van der Waals surface area contributed by atoms with Crippen LogP contribution in [0.2, 0.25) is 0 Å². The predicted molar refractivity (Wildman–Crippen MR) is 97.3 cm³/mol. The zero-order valence-electron chi connectivity index (χ0n) is 13.7. The molecule has 2 aromatic rings. The van der Waals surface area contributed by atoms with Gasteiger partial charge in [0.05, 0.1) is 12.0 Å². The smallest absolute Gasteiger partial charge is 0.335 e. The highest BCUT2D eigenvalue weighted by Gasteiger charge is 2.22. The molecule has 0 aliphatic carbocycles. The first-order valence-electron chi connectivity index (χ1n) is 7.63. The molecule has 0 saturated heterocycles. The zero-order chi connectivity index (χ0) is 17.7. The van der Waals surface area contributed by atoms with Crippen molar-refractivity contribution in [2.45, 2.75) is 25.7 Å². The van der Waals surface area contributed by atoms with Crippen LogP contribution in [-0.2, 0) is 16.6 Å². The van der Waals surface area contributed by atoms with Crippen molar-refractivity contribution in [2.75, 3.05) is 6.54 Å². The van der Waals surface area contributed by atoms with Crippen LogP contribution in [0.3, 0.4) is 0 Å². The number of halogens is 1. The van der Waals surface area contributed by atoms with Crippen molar-refractivity contribution in [1.82, 2.24) is 5.32 Å². The third kappa shape index (κ3) is 4.68. The van der Waals surface area contributed by atoms with Gasteiger partial charge in [0.25, 0.3) is 0 Å². The first-order valence-corrected chi connectivity index (χ1v) is 8.43. The summed E-state index contributed by atoms with van der Waals surface area (Å²) in [6, 6.07) is 14.6. The molecule has 0 aliphatic heterocycles. The van der Waals surface area contributed by atoms with Crippen molar-refractivity contribution in [3.8, 4) is 0 Å². The average Bonchev–Trinajstić information content (AvgIpc) is 2.53. The maximum atomic E-state index is 12.2. The summed E-state index contributed by atoms with van der Waals surface area (Å²) in [6.45, 7) is 4.58. The minimum absolute atomic E-state index is 0.0526. The van der Waals surface area contributed by atoms with E-state index in [4.69, 9.17) is 0 Å². The topological polar surface area (TPSA) is 66.4 Å². The van der Waals surface area contributed by atoms with Gasteiger partial charge in [-0.1, -0.05) is 60.1 Å². The van der Waals surface area contributed by atoms with Gasteiger partial charge in [0.1, 0.15) is 0 Å². The van der Waals surface area contributed by atoms with Crippen LogP contribution in [0.5, 0.6) is 0 Å². The van der Waals surface area contributed by atoms with E-state index in [-0.39, 0.29) is 23.3 Å². The molecule has 24 heavy (non-hydrogen) atoms. The maximum absolute atomic E-state index is 12.2. The first-order chi connectivity index (χ1) is 11.3. The number of amides is 1. The Bertz CT molecular complexity index is 756. The molecule has 0 heterocycles. The number of carbonyl (C=O) groups excluding carboxylic acids is 1. The summed E-state index contributed by atoms with van der Waals surface area (Å²) in [5.74, 6) is -1.21. The Morgan fingerprint density at radius 2 is 1.83 bits per heavy atom. The van der Waals surface area contributed by atoms with E-state index in [1.165, 1.54) is 6.07 Å². The Balaban J connectivity index is 2.02. The number of carboxylic acids is 1. The fourth-order valence-electron chi connectivity index (χ4n) is 2.45. The number of nitrogens with one attached hydrogen (secondary N) is 1. The first kappa shape index (κ1) is 18.2. The number of aromatic carboxylic acids is 1. The number of carboxylic acid groups (broad SMARTS) is 1. The highest BCUT2D eigenvalue weighted by atomic mass is 79.9. The van der Waals surface area contributed by atoms with Gasteiger partial charge in [-0.05, 0) is 29.3 Å². The Hall–Kier alpha value is -2.14. The summed E-state index contributed by atoms with van der Waals surface area (Å²) in [7, 11) is 0. The highest BCUT2D eigenvalue weighted by Crippen LogP contribution is 2.25. The second kappa shape index (κ2) is 7.62. The number of hydrogen-bond donors (Lipinski definition) is 2. The molecule has 0 spiro atoms. The van der Waals surface area contributed by atoms with E-state index in [0.29, 0.717) is 12.1 Å². The van der Waals surface area contributed by atoms with Gasteiger partial charge in [-0.25, -0.2) is 4.79 Å². The highest BCUT2D eigenvalue weighted by molar-refractivity contribution is 9.10. The molecule has 2 N–H and O–H groups in total. The molecule has 5 heteroatoms. The third-order valence-electron chi connectivity index (χ3n) is 3.93. The number of benzene rings is 2. The standard InChI is InChI=1S/C19H20BrNO3/c1-19(2,14-7-5-8-15(20)11-14)12-21-17(22)10-13-6-3-4-9-16(13)18(23)24/h3-9,11H,10,12H2,1-2H3,(H,21,22)(H,23,24). The second-order valence-corrected chi connectivity index (χ2v) is 7.23. The number of hydrogen-bond acceptors (Lipinski definition) is 2. The Morgan fingerprint density at radius 3 is 2.50 bits per heavy atom. The fourth-order valence-corrected chi connectivity index (χ4v) is 2.85. The Labute approximate surface area is 150 Å². The van der Waals surface area contributed by atoms with Crippen LogP contribution in [0.25, 0.3) is 0 Å². The fraction of sp³-hybridized carbons (Fsp3) is 0.263. The SMILES string of the molecule is CC(C)(CNC(=O)Cc1ccccc1C(=O)O)c1cccc(Br)c1. The second-order valence-electron chi connectivity index (χ2n) is 6.31. The lowest BCUT2D eigenvalue weighted by Crippen LogP contribution is -2.37. The molecular formula is C19H20BrNO3. The van der Waals surface area contributed by atoms with E-state index in [1.807, 2.05) is 24.3 Å². The van der Waals surface area contributed by atoms with Crippen molar-refractivity contribution >= 4 is 27.8 Å². The molecule has 0 radical (unpaired) electrons. The van der Waals surface area contributed by atoms with Gasteiger partial charge in [-0.3, -0.25) is 4.79 Å². The summed E-state index contributed by atoms with van der Waals surface area (Å²) >= 11 is 3.46. The van der Waals surface area contributed by atoms with Crippen LogP contribution in [0.1, 0.15) is 35.3 Å². The monoisotopic (exact) mass is 389 g/mol. The number of carbonyl (C=O) groups is 2. The van der Waals surface area contributed by atoms with Gasteiger partial charge < -0.3 is 10.4 Å². The summed E-state index contributed by atoms with van der Waals surface area (Å²) in [5.41, 5.74) is 1.57. The Kier molecular flexibility index (Phi) is 5.78. The Morgan fingerprint density at radius 1 is 1.12 bits per heavy atom. The number of rotatable bonds is 6. The molecule has 1 amide bonds. The summed E-state index contributed by atoms with van der Waals surface area (Å²) < 4.78 is 0.995. The van der Waals surface area contributed by atoms with E-state index in [2.05, 4.69) is 35.1 Å². The van der Waals surface area contributed by atoms with Crippen LogP contribution in [0.4, 0.5) is 0 Å². The van der Waals surface area contributed by atoms with Crippen LogP contribution in [-0.4, -0.2) is 23.5 Å². The van der Waals surface area contributed by atoms with E-state index >= 15 is 0 Å². The van der Waals surface area contributed by atoms with E-state index in [0.717, 1.165) is 10.0 Å².